The highest BCUT2D eigenvalue weighted by Crippen LogP contribution is 2.31. The van der Waals surface area contributed by atoms with Crippen molar-refractivity contribution in [3.63, 3.8) is 0 Å². The molecule has 1 aliphatic heterocycles. The van der Waals surface area contributed by atoms with Crippen LogP contribution in [0.5, 0.6) is 5.75 Å². The molecule has 1 atom stereocenters. The lowest BCUT2D eigenvalue weighted by molar-refractivity contribution is -0.126. The van der Waals surface area contributed by atoms with Gasteiger partial charge in [-0.1, -0.05) is 31.7 Å². The van der Waals surface area contributed by atoms with Gasteiger partial charge in [0, 0.05) is 19.1 Å². The largest absolute Gasteiger partial charge is 0.495 e. The minimum absolute atomic E-state index is 0.00278. The molecule has 3 rings (SSSR count). The van der Waals surface area contributed by atoms with Crippen LogP contribution in [-0.2, 0) is 14.8 Å². The van der Waals surface area contributed by atoms with E-state index in [9.17, 15) is 13.2 Å². The third-order valence-electron chi connectivity index (χ3n) is 5.89. The van der Waals surface area contributed by atoms with Gasteiger partial charge >= 0.3 is 0 Å². The summed E-state index contributed by atoms with van der Waals surface area (Å²) in [5, 5.41) is 3.19. The van der Waals surface area contributed by atoms with Crippen LogP contribution in [0.2, 0.25) is 0 Å². The fourth-order valence-corrected chi connectivity index (χ4v) is 6.01. The van der Waals surface area contributed by atoms with Crippen LogP contribution in [0.15, 0.2) is 23.1 Å². The zero-order valence-corrected chi connectivity index (χ0v) is 17.8. The minimum Gasteiger partial charge on any atom is -0.495 e. The summed E-state index contributed by atoms with van der Waals surface area (Å²) in [7, 11) is -2.23. The topological polar surface area (TPSA) is 75.7 Å². The summed E-state index contributed by atoms with van der Waals surface area (Å²) in [5.74, 6) is 0.0567. The normalized spacial score (nSPS) is 22.4. The lowest BCUT2D eigenvalue weighted by Gasteiger charge is -2.32. The van der Waals surface area contributed by atoms with Gasteiger partial charge in [0.15, 0.2) is 0 Å². The number of sulfonamides is 1. The number of amides is 1. The van der Waals surface area contributed by atoms with Gasteiger partial charge in [-0.3, -0.25) is 4.79 Å². The molecule has 0 aromatic heterocycles. The number of carbonyl (C=O) groups is 1. The molecular weight excluding hydrogens is 376 g/mol. The SMILES string of the molecule is COc1ccc(C)cc1S(=O)(=O)N1CCC[C@@H](C(=O)NC2CCCCCC2)C1. The highest BCUT2D eigenvalue weighted by atomic mass is 32.2. The number of aryl methyl sites for hydroxylation is 1. The first-order valence-electron chi connectivity index (χ1n) is 10.4. The molecule has 1 N–H and O–H groups in total. The Morgan fingerprint density at radius 2 is 1.82 bits per heavy atom. The van der Waals surface area contributed by atoms with Gasteiger partial charge in [0.25, 0.3) is 0 Å². The molecule has 1 saturated carbocycles. The summed E-state index contributed by atoms with van der Waals surface area (Å²) < 4.78 is 33.2. The van der Waals surface area contributed by atoms with E-state index in [1.807, 2.05) is 13.0 Å². The standard InChI is InChI=1S/C21H32N2O4S/c1-16-11-12-19(27-2)20(14-16)28(25,26)23-13-7-8-17(15-23)21(24)22-18-9-5-3-4-6-10-18/h11-12,14,17-18H,3-10,13,15H2,1-2H3,(H,22,24)/t17-/m1/s1. The Morgan fingerprint density at radius 3 is 2.50 bits per heavy atom. The van der Waals surface area contributed by atoms with Crippen molar-refractivity contribution in [2.75, 3.05) is 20.2 Å². The second-order valence-corrected chi connectivity index (χ2v) is 9.96. The predicted molar refractivity (Wildman–Crippen MR) is 109 cm³/mol. The van der Waals surface area contributed by atoms with Gasteiger partial charge in [0.2, 0.25) is 15.9 Å². The summed E-state index contributed by atoms with van der Waals surface area (Å²) >= 11 is 0. The molecule has 7 heteroatoms. The van der Waals surface area contributed by atoms with Crippen LogP contribution in [-0.4, -0.2) is 44.9 Å². The number of carbonyl (C=O) groups excluding carboxylic acids is 1. The molecule has 1 saturated heterocycles. The third-order valence-corrected chi connectivity index (χ3v) is 7.78. The number of piperidine rings is 1. The van der Waals surface area contributed by atoms with E-state index in [-0.39, 0.29) is 29.3 Å². The summed E-state index contributed by atoms with van der Waals surface area (Å²) in [6.45, 7) is 2.53. The fraction of sp³-hybridized carbons (Fsp3) is 0.667. The van der Waals surface area contributed by atoms with Crippen molar-refractivity contribution in [2.24, 2.45) is 5.92 Å². The Bertz CT molecular complexity index is 786. The van der Waals surface area contributed by atoms with Gasteiger partial charge in [0.1, 0.15) is 10.6 Å². The van der Waals surface area contributed by atoms with Gasteiger partial charge in [0.05, 0.1) is 13.0 Å². The fourth-order valence-electron chi connectivity index (χ4n) is 4.24. The molecule has 28 heavy (non-hydrogen) atoms. The van der Waals surface area contributed by atoms with Crippen LogP contribution >= 0.6 is 0 Å². The average molecular weight is 409 g/mol. The van der Waals surface area contributed by atoms with Gasteiger partial charge < -0.3 is 10.1 Å². The molecule has 0 bridgehead atoms. The zero-order chi connectivity index (χ0) is 20.1. The number of hydrogen-bond acceptors (Lipinski definition) is 4. The molecule has 1 amide bonds. The van der Waals surface area contributed by atoms with Gasteiger partial charge in [-0.25, -0.2) is 8.42 Å². The molecule has 0 unspecified atom stereocenters. The number of ether oxygens (including phenoxy) is 1. The van der Waals surface area contributed by atoms with Crippen molar-refractivity contribution < 1.29 is 17.9 Å². The second-order valence-electron chi connectivity index (χ2n) is 8.05. The first-order valence-corrected chi connectivity index (χ1v) is 11.8. The van der Waals surface area contributed by atoms with E-state index in [0.717, 1.165) is 37.7 Å². The summed E-state index contributed by atoms with van der Waals surface area (Å²) in [4.78, 5) is 13.0. The van der Waals surface area contributed by atoms with E-state index in [2.05, 4.69) is 5.32 Å². The highest BCUT2D eigenvalue weighted by Gasteiger charge is 2.35. The van der Waals surface area contributed by atoms with Crippen molar-refractivity contribution in [3.05, 3.63) is 23.8 Å². The van der Waals surface area contributed by atoms with Crippen molar-refractivity contribution in [1.29, 1.82) is 0 Å². The molecular formula is C21H32N2O4S. The first kappa shape index (κ1) is 21.1. The molecule has 1 aromatic carbocycles. The predicted octanol–water partition coefficient (Wildman–Crippen LogP) is 3.24. The Labute approximate surface area is 168 Å². The van der Waals surface area contributed by atoms with Gasteiger partial charge in [-0.05, 0) is 50.3 Å². The van der Waals surface area contributed by atoms with Crippen LogP contribution in [0.3, 0.4) is 0 Å². The maximum atomic E-state index is 13.2. The third kappa shape index (κ3) is 4.87. The van der Waals surface area contributed by atoms with Crippen molar-refractivity contribution in [2.45, 2.75) is 69.2 Å². The van der Waals surface area contributed by atoms with E-state index in [4.69, 9.17) is 4.74 Å². The Kier molecular flexibility index (Phi) is 6.99. The zero-order valence-electron chi connectivity index (χ0n) is 16.9. The van der Waals surface area contributed by atoms with E-state index in [1.54, 1.807) is 12.1 Å². The quantitative estimate of drug-likeness (QED) is 0.759. The number of benzene rings is 1. The van der Waals surface area contributed by atoms with E-state index in [0.29, 0.717) is 18.7 Å². The Balaban J connectivity index is 1.71. The van der Waals surface area contributed by atoms with E-state index < -0.39 is 10.0 Å². The van der Waals surface area contributed by atoms with Crippen LogP contribution in [0, 0.1) is 12.8 Å². The minimum atomic E-state index is -3.70. The van der Waals surface area contributed by atoms with Crippen LogP contribution in [0.25, 0.3) is 0 Å². The maximum absolute atomic E-state index is 13.2. The van der Waals surface area contributed by atoms with Crippen molar-refractivity contribution in [3.8, 4) is 5.75 Å². The first-order chi connectivity index (χ1) is 13.4. The number of rotatable bonds is 5. The number of nitrogens with one attached hydrogen (secondary N) is 1. The molecule has 6 nitrogen and oxygen atoms in total. The molecule has 2 aliphatic rings. The maximum Gasteiger partial charge on any atom is 0.246 e. The molecule has 1 aliphatic carbocycles. The lowest BCUT2D eigenvalue weighted by atomic mass is 9.97. The molecule has 2 fully saturated rings. The molecule has 1 heterocycles. The molecule has 156 valence electrons. The lowest BCUT2D eigenvalue weighted by Crippen LogP contribution is -2.47. The van der Waals surface area contributed by atoms with Crippen LogP contribution in [0.4, 0.5) is 0 Å². The van der Waals surface area contributed by atoms with Gasteiger partial charge in [-0.2, -0.15) is 4.31 Å². The molecule has 1 aromatic rings. The summed E-state index contributed by atoms with van der Waals surface area (Å²) in [6, 6.07) is 5.39. The average Bonchev–Trinajstić information content (AvgIpc) is 2.96. The van der Waals surface area contributed by atoms with Gasteiger partial charge in [-0.15, -0.1) is 0 Å². The number of methoxy groups -OCH3 is 1. The van der Waals surface area contributed by atoms with Crippen molar-refractivity contribution in [1.82, 2.24) is 9.62 Å². The smallest absolute Gasteiger partial charge is 0.246 e. The Morgan fingerprint density at radius 1 is 1.11 bits per heavy atom. The molecule has 0 spiro atoms. The summed E-state index contributed by atoms with van der Waals surface area (Å²) in [6.07, 6.45) is 8.26. The number of hydrogen-bond donors (Lipinski definition) is 1. The number of nitrogens with zero attached hydrogens (tertiary/aromatic N) is 1. The van der Waals surface area contributed by atoms with E-state index >= 15 is 0 Å². The summed E-state index contributed by atoms with van der Waals surface area (Å²) in [5.41, 5.74) is 0.860. The highest BCUT2D eigenvalue weighted by molar-refractivity contribution is 7.89. The monoisotopic (exact) mass is 408 g/mol. The van der Waals surface area contributed by atoms with Crippen molar-refractivity contribution >= 4 is 15.9 Å². The van der Waals surface area contributed by atoms with Crippen LogP contribution in [0.1, 0.15) is 56.9 Å². The Hall–Kier alpha value is -1.60. The van der Waals surface area contributed by atoms with E-state index in [1.165, 1.54) is 24.3 Å². The van der Waals surface area contributed by atoms with Crippen LogP contribution < -0.4 is 10.1 Å². The molecule has 0 radical (unpaired) electrons. The second kappa shape index (κ2) is 9.27.